The Balaban J connectivity index is 2.07. The van der Waals surface area contributed by atoms with Gasteiger partial charge in [-0.1, -0.05) is 30.3 Å². The van der Waals surface area contributed by atoms with Crippen molar-refractivity contribution in [2.24, 2.45) is 0 Å². The van der Waals surface area contributed by atoms with Gasteiger partial charge >= 0.3 is 0 Å². The fourth-order valence-electron chi connectivity index (χ4n) is 2.16. The quantitative estimate of drug-likeness (QED) is 0.820. The van der Waals surface area contributed by atoms with Crippen molar-refractivity contribution in [2.75, 3.05) is 5.32 Å². The summed E-state index contributed by atoms with van der Waals surface area (Å²) in [5, 5.41) is 25.1. The number of carbonyl (C=O) groups excluding carboxylic acids is 1. The fraction of sp³-hybridized carbons (Fsp3) is 0.0714. The standard InChI is InChI=1S/C14H11N2O3/c17-12-8-4-2-6-10(12)13-15-11-7-3-1-5-9(11)14(18)16(13)19/h1-8,13,15,17H/q-1. The van der Waals surface area contributed by atoms with E-state index in [0.717, 1.165) is 0 Å². The monoisotopic (exact) mass is 255 g/mol. The lowest BCUT2D eigenvalue weighted by atomic mass is 10.0. The van der Waals surface area contributed by atoms with Gasteiger partial charge in [0, 0.05) is 11.3 Å². The van der Waals surface area contributed by atoms with Crippen molar-refractivity contribution in [1.29, 1.82) is 0 Å². The largest absolute Gasteiger partial charge is 0.754 e. The van der Waals surface area contributed by atoms with Gasteiger partial charge in [-0.15, -0.1) is 0 Å². The molecular weight excluding hydrogens is 244 g/mol. The molecule has 0 saturated carbocycles. The van der Waals surface area contributed by atoms with Gasteiger partial charge in [0.1, 0.15) is 11.9 Å². The number of rotatable bonds is 1. The molecule has 19 heavy (non-hydrogen) atoms. The zero-order valence-electron chi connectivity index (χ0n) is 9.91. The molecule has 1 aliphatic heterocycles. The Hall–Kier alpha value is -2.53. The zero-order chi connectivity index (χ0) is 13.4. The molecule has 0 spiro atoms. The summed E-state index contributed by atoms with van der Waals surface area (Å²) in [6.07, 6.45) is -0.913. The first-order chi connectivity index (χ1) is 9.18. The van der Waals surface area contributed by atoms with Gasteiger partial charge in [0.15, 0.2) is 0 Å². The maximum Gasteiger partial charge on any atom is 0.247 e. The number of fused-ring (bicyclic) bond motifs is 1. The number of aromatic hydroxyl groups is 1. The molecular formula is C14H11N2O3-. The van der Waals surface area contributed by atoms with Crippen LogP contribution < -0.4 is 5.32 Å². The smallest absolute Gasteiger partial charge is 0.247 e. The highest BCUT2D eigenvalue weighted by molar-refractivity contribution is 6.02. The highest BCUT2D eigenvalue weighted by Crippen LogP contribution is 2.35. The molecule has 0 saturated heterocycles. The lowest BCUT2D eigenvalue weighted by molar-refractivity contribution is 0.0770. The fourth-order valence-corrected chi connectivity index (χ4v) is 2.16. The number of phenols is 1. The van der Waals surface area contributed by atoms with Crippen LogP contribution in [0.1, 0.15) is 22.1 Å². The topological polar surface area (TPSA) is 75.6 Å². The highest BCUT2D eigenvalue weighted by atomic mass is 16.5. The van der Waals surface area contributed by atoms with Crippen LogP contribution in [0.2, 0.25) is 0 Å². The molecule has 2 aromatic carbocycles. The van der Waals surface area contributed by atoms with Crippen molar-refractivity contribution in [3.63, 3.8) is 0 Å². The van der Waals surface area contributed by atoms with Crippen LogP contribution in [0.3, 0.4) is 0 Å². The lowest BCUT2D eigenvalue weighted by Crippen LogP contribution is -2.38. The van der Waals surface area contributed by atoms with Crippen molar-refractivity contribution in [3.8, 4) is 5.75 Å². The molecule has 0 bridgehead atoms. The summed E-state index contributed by atoms with van der Waals surface area (Å²) in [7, 11) is 0. The molecule has 5 heteroatoms. The number of nitrogens with one attached hydrogen (secondary N) is 1. The molecule has 0 radical (unpaired) electrons. The number of amides is 1. The first kappa shape index (κ1) is 11.6. The molecule has 0 fully saturated rings. The van der Waals surface area contributed by atoms with Crippen LogP contribution in [0.4, 0.5) is 5.69 Å². The second-order valence-corrected chi connectivity index (χ2v) is 4.28. The number of hydrogen-bond acceptors (Lipinski definition) is 4. The number of hydroxylamine groups is 2. The predicted molar refractivity (Wildman–Crippen MR) is 70.4 cm³/mol. The van der Waals surface area contributed by atoms with Crippen molar-refractivity contribution >= 4 is 11.6 Å². The van der Waals surface area contributed by atoms with Crippen LogP contribution in [0.5, 0.6) is 5.75 Å². The number of para-hydroxylation sites is 2. The van der Waals surface area contributed by atoms with Crippen molar-refractivity contribution in [3.05, 3.63) is 64.9 Å². The molecule has 1 amide bonds. The number of hydrogen-bond donors (Lipinski definition) is 2. The predicted octanol–water partition coefficient (Wildman–Crippen LogP) is 2.46. The molecule has 1 heterocycles. The van der Waals surface area contributed by atoms with E-state index in [1.54, 1.807) is 42.5 Å². The second-order valence-electron chi connectivity index (χ2n) is 4.28. The van der Waals surface area contributed by atoms with Gasteiger partial charge in [-0.25, -0.2) is 0 Å². The van der Waals surface area contributed by atoms with E-state index < -0.39 is 12.1 Å². The molecule has 3 rings (SSSR count). The summed E-state index contributed by atoms with van der Waals surface area (Å²) in [6, 6.07) is 13.3. The van der Waals surface area contributed by atoms with Crippen LogP contribution in [0.15, 0.2) is 48.5 Å². The van der Waals surface area contributed by atoms with E-state index in [9.17, 15) is 15.1 Å². The first-order valence-corrected chi connectivity index (χ1v) is 5.82. The van der Waals surface area contributed by atoms with Crippen LogP contribution in [0, 0.1) is 5.21 Å². The highest BCUT2D eigenvalue weighted by Gasteiger charge is 2.28. The molecule has 5 nitrogen and oxygen atoms in total. The summed E-state index contributed by atoms with van der Waals surface area (Å²) in [5.74, 6) is -0.629. The maximum absolute atomic E-state index is 12.0. The van der Waals surface area contributed by atoms with E-state index in [0.29, 0.717) is 21.9 Å². The Morgan fingerprint density at radius 3 is 2.58 bits per heavy atom. The van der Waals surface area contributed by atoms with Crippen LogP contribution in [0.25, 0.3) is 0 Å². The van der Waals surface area contributed by atoms with Gasteiger partial charge in [0.25, 0.3) is 0 Å². The Morgan fingerprint density at radius 1 is 1.11 bits per heavy atom. The molecule has 1 atom stereocenters. The van der Waals surface area contributed by atoms with Crippen LogP contribution in [-0.2, 0) is 0 Å². The van der Waals surface area contributed by atoms with Gasteiger partial charge in [-0.3, -0.25) is 4.79 Å². The van der Waals surface area contributed by atoms with E-state index in [-0.39, 0.29) is 5.75 Å². The van der Waals surface area contributed by atoms with Gasteiger partial charge in [0.05, 0.1) is 5.56 Å². The number of benzene rings is 2. The van der Waals surface area contributed by atoms with E-state index in [4.69, 9.17) is 0 Å². The lowest BCUT2D eigenvalue weighted by Gasteiger charge is -2.42. The van der Waals surface area contributed by atoms with Crippen molar-refractivity contribution in [1.82, 2.24) is 5.06 Å². The van der Waals surface area contributed by atoms with Gasteiger partial charge in [-0.05, 0) is 18.2 Å². The number of nitrogens with zero attached hydrogens (tertiary/aromatic N) is 1. The zero-order valence-corrected chi connectivity index (χ0v) is 9.91. The average Bonchev–Trinajstić information content (AvgIpc) is 2.44. The minimum Gasteiger partial charge on any atom is -0.754 e. The molecule has 0 aliphatic carbocycles. The summed E-state index contributed by atoms with van der Waals surface area (Å²) < 4.78 is 0. The van der Waals surface area contributed by atoms with E-state index in [1.807, 2.05) is 0 Å². The average molecular weight is 255 g/mol. The molecule has 1 unspecified atom stereocenters. The van der Waals surface area contributed by atoms with Gasteiger partial charge in [0.2, 0.25) is 5.91 Å². The molecule has 2 aromatic rings. The summed E-state index contributed by atoms with van der Waals surface area (Å²) in [6.45, 7) is 0. The Bertz CT molecular complexity index is 642. The Morgan fingerprint density at radius 2 is 1.79 bits per heavy atom. The third-order valence-electron chi connectivity index (χ3n) is 3.12. The summed E-state index contributed by atoms with van der Waals surface area (Å²) in [5.41, 5.74) is 1.30. The molecule has 96 valence electrons. The first-order valence-electron chi connectivity index (χ1n) is 5.82. The van der Waals surface area contributed by atoms with Crippen molar-refractivity contribution < 1.29 is 9.90 Å². The normalized spacial score (nSPS) is 17.8. The number of anilines is 1. The minimum atomic E-state index is -0.913. The van der Waals surface area contributed by atoms with Crippen LogP contribution in [-0.4, -0.2) is 16.1 Å². The number of phenolic OH excluding ortho intramolecular Hbond substituents is 1. The second kappa shape index (κ2) is 4.29. The molecule has 0 aromatic heterocycles. The maximum atomic E-state index is 12.0. The number of carbonyl (C=O) groups is 1. The van der Waals surface area contributed by atoms with E-state index >= 15 is 0 Å². The van der Waals surface area contributed by atoms with Gasteiger partial charge < -0.3 is 20.7 Å². The molecule has 2 N–H and O–H groups in total. The Labute approximate surface area is 109 Å². The third kappa shape index (κ3) is 1.80. The van der Waals surface area contributed by atoms with Gasteiger partial charge in [-0.2, -0.15) is 0 Å². The summed E-state index contributed by atoms with van der Waals surface area (Å²) in [4.78, 5) is 12.0. The summed E-state index contributed by atoms with van der Waals surface area (Å²) >= 11 is 0. The van der Waals surface area contributed by atoms with Crippen molar-refractivity contribution in [2.45, 2.75) is 6.17 Å². The Kier molecular flexibility index (Phi) is 2.61. The third-order valence-corrected chi connectivity index (χ3v) is 3.12. The van der Waals surface area contributed by atoms with E-state index in [2.05, 4.69) is 5.32 Å². The minimum absolute atomic E-state index is 0.0203. The van der Waals surface area contributed by atoms with E-state index in [1.165, 1.54) is 6.07 Å². The SMILES string of the molecule is O=C1c2ccccc2NC(c2ccccc2O)N1[O-]. The molecule has 1 aliphatic rings. The van der Waals surface area contributed by atoms with Crippen LogP contribution >= 0.6 is 0 Å².